The van der Waals surface area contributed by atoms with Crippen LogP contribution in [0.3, 0.4) is 0 Å². The molecule has 2 N–H and O–H groups in total. The lowest BCUT2D eigenvalue weighted by atomic mass is 9.82. The first-order valence-corrected chi connectivity index (χ1v) is 10.6. The van der Waals surface area contributed by atoms with Crippen LogP contribution in [0.25, 0.3) is 10.9 Å². The van der Waals surface area contributed by atoms with E-state index in [1.807, 2.05) is 43.3 Å². The number of nitrogens with zero attached hydrogens (tertiary/aromatic N) is 3. The highest BCUT2D eigenvalue weighted by Gasteiger charge is 2.30. The van der Waals surface area contributed by atoms with Crippen molar-refractivity contribution < 1.29 is 0 Å². The van der Waals surface area contributed by atoms with Gasteiger partial charge in [-0.05, 0) is 23.1 Å². The zero-order valence-corrected chi connectivity index (χ0v) is 18.7. The summed E-state index contributed by atoms with van der Waals surface area (Å²) in [5.41, 5.74) is 9.23. The largest absolute Gasteiger partial charge is 0.385 e. The minimum Gasteiger partial charge on any atom is -0.385 e. The van der Waals surface area contributed by atoms with Crippen LogP contribution in [0.4, 0.5) is 5.82 Å². The average molecular weight is 429 g/mol. The summed E-state index contributed by atoms with van der Waals surface area (Å²) in [6.45, 7) is 6.71. The molecule has 2 aromatic heterocycles. The fraction of sp³-hybridized carbons (Fsp3) is 0.231. The Labute approximate surface area is 186 Å². The highest BCUT2D eigenvalue weighted by Crippen LogP contribution is 2.38. The van der Waals surface area contributed by atoms with Crippen molar-refractivity contribution in [1.29, 1.82) is 0 Å². The van der Waals surface area contributed by atoms with Gasteiger partial charge in [-0.3, -0.25) is 13.9 Å². The topological polar surface area (TPSA) is 74.9 Å². The molecule has 0 radical (unpaired) electrons. The molecule has 6 nitrogen and oxygen atoms in total. The second kappa shape index (κ2) is 8.38. The average Bonchev–Trinajstić information content (AvgIpc) is 3.17. The van der Waals surface area contributed by atoms with Crippen LogP contribution in [0.5, 0.6) is 0 Å². The molecule has 2 aromatic carbocycles. The van der Waals surface area contributed by atoms with Crippen LogP contribution in [0.2, 0.25) is 0 Å². The number of hydrogen-bond donors (Lipinski definition) is 1. The van der Waals surface area contributed by atoms with Gasteiger partial charge in [-0.25, -0.2) is 4.79 Å². The van der Waals surface area contributed by atoms with Crippen molar-refractivity contribution in [2.45, 2.75) is 19.4 Å². The lowest BCUT2D eigenvalue weighted by molar-refractivity contribution is 0.591. The molecular weight excluding hydrogens is 400 g/mol. The quantitative estimate of drug-likeness (QED) is 0.477. The Bertz CT molecular complexity index is 1410. The van der Waals surface area contributed by atoms with E-state index in [0.29, 0.717) is 12.1 Å². The molecule has 32 heavy (non-hydrogen) atoms. The monoisotopic (exact) mass is 428 g/mol. The molecule has 0 saturated heterocycles. The summed E-state index contributed by atoms with van der Waals surface area (Å²) in [7, 11) is 3.08. The second-order valence-electron chi connectivity index (χ2n) is 8.29. The fourth-order valence-electron chi connectivity index (χ4n) is 4.45. The number of fused-ring (bicyclic) bond motifs is 1. The van der Waals surface area contributed by atoms with E-state index >= 15 is 0 Å². The van der Waals surface area contributed by atoms with Gasteiger partial charge in [-0.1, -0.05) is 61.5 Å². The van der Waals surface area contributed by atoms with Gasteiger partial charge in [0.05, 0.1) is 5.56 Å². The van der Waals surface area contributed by atoms with Gasteiger partial charge in [0.2, 0.25) is 0 Å². The van der Waals surface area contributed by atoms with Crippen LogP contribution < -0.4 is 17.0 Å². The Morgan fingerprint density at radius 2 is 1.66 bits per heavy atom. The Morgan fingerprint density at radius 3 is 2.34 bits per heavy atom. The summed E-state index contributed by atoms with van der Waals surface area (Å²) in [5, 5.41) is 1.05. The molecule has 164 valence electrons. The molecule has 2 unspecified atom stereocenters. The minimum atomic E-state index is -0.437. The van der Waals surface area contributed by atoms with Crippen LogP contribution in [-0.4, -0.2) is 13.7 Å². The van der Waals surface area contributed by atoms with Crippen LogP contribution in [0, 0.1) is 5.92 Å². The third-order valence-electron chi connectivity index (χ3n) is 6.30. The molecule has 4 aromatic rings. The summed E-state index contributed by atoms with van der Waals surface area (Å²) in [5.74, 6) is -0.241. The molecule has 2 atom stereocenters. The Kier molecular flexibility index (Phi) is 5.61. The van der Waals surface area contributed by atoms with Crippen molar-refractivity contribution in [3.05, 3.63) is 111 Å². The van der Waals surface area contributed by atoms with E-state index in [-0.39, 0.29) is 23.2 Å². The summed E-state index contributed by atoms with van der Waals surface area (Å²) in [4.78, 5) is 25.7. The van der Waals surface area contributed by atoms with E-state index < -0.39 is 5.69 Å². The van der Waals surface area contributed by atoms with Gasteiger partial charge in [-0.15, -0.1) is 6.58 Å². The van der Waals surface area contributed by atoms with Gasteiger partial charge in [0, 0.05) is 43.7 Å². The third-order valence-corrected chi connectivity index (χ3v) is 6.30. The maximum absolute atomic E-state index is 13.3. The first-order chi connectivity index (χ1) is 15.3. The van der Waals surface area contributed by atoms with E-state index in [2.05, 4.69) is 41.6 Å². The summed E-state index contributed by atoms with van der Waals surface area (Å²) in [6, 6.07) is 18.4. The number of anilines is 1. The number of benzene rings is 2. The maximum Gasteiger partial charge on any atom is 0.332 e. The lowest BCUT2D eigenvalue weighted by Gasteiger charge is -2.24. The molecule has 6 heteroatoms. The number of nitrogens with two attached hydrogens (primary N) is 1. The number of aromatic nitrogens is 3. The molecular formula is C26H28N4O2. The SMILES string of the molecule is C=CC(C)C(c1c(N)n(C)c(=O)n(C)c1=O)c1cn(Cc2ccccc2)c2ccccc12. The molecule has 0 aliphatic carbocycles. The molecule has 0 fully saturated rings. The molecule has 2 heterocycles. The molecule has 0 aliphatic rings. The van der Waals surface area contributed by atoms with Crippen molar-refractivity contribution in [2.24, 2.45) is 20.0 Å². The lowest BCUT2D eigenvalue weighted by Crippen LogP contribution is -2.41. The van der Waals surface area contributed by atoms with E-state index in [9.17, 15) is 9.59 Å². The van der Waals surface area contributed by atoms with Crippen LogP contribution in [0.15, 0.2) is 83.0 Å². The fourth-order valence-corrected chi connectivity index (χ4v) is 4.45. The van der Waals surface area contributed by atoms with E-state index in [0.717, 1.165) is 21.0 Å². The van der Waals surface area contributed by atoms with E-state index in [4.69, 9.17) is 5.73 Å². The Morgan fingerprint density at radius 1 is 1.00 bits per heavy atom. The molecule has 0 amide bonds. The van der Waals surface area contributed by atoms with Crippen LogP contribution >= 0.6 is 0 Å². The van der Waals surface area contributed by atoms with Gasteiger partial charge in [0.25, 0.3) is 5.56 Å². The molecule has 0 aliphatic heterocycles. The highest BCUT2D eigenvalue weighted by molar-refractivity contribution is 5.85. The first kappa shape index (κ1) is 21.4. The zero-order chi connectivity index (χ0) is 23.0. The standard InChI is InChI=1S/C26H28N4O2/c1-5-17(2)22(23-24(27)28(3)26(32)29(4)25(23)31)20-16-30(15-18-11-7-6-8-12-18)21-14-10-9-13-19(20)21/h5-14,16-17,22H,1,15,27H2,2-4H3. The summed E-state index contributed by atoms with van der Waals surface area (Å²) in [6.07, 6.45) is 3.93. The smallest absolute Gasteiger partial charge is 0.332 e. The van der Waals surface area contributed by atoms with Crippen molar-refractivity contribution in [2.75, 3.05) is 5.73 Å². The van der Waals surface area contributed by atoms with Crippen molar-refractivity contribution >= 4 is 16.7 Å². The molecule has 0 bridgehead atoms. The summed E-state index contributed by atoms with van der Waals surface area (Å²) < 4.78 is 4.66. The third kappa shape index (κ3) is 3.47. The zero-order valence-electron chi connectivity index (χ0n) is 18.7. The minimum absolute atomic E-state index is 0.0847. The van der Waals surface area contributed by atoms with Crippen LogP contribution in [0.1, 0.15) is 29.5 Å². The van der Waals surface area contributed by atoms with Crippen molar-refractivity contribution in [3.8, 4) is 0 Å². The maximum atomic E-state index is 13.3. The molecule has 4 rings (SSSR count). The first-order valence-electron chi connectivity index (χ1n) is 10.6. The van der Waals surface area contributed by atoms with Crippen molar-refractivity contribution in [1.82, 2.24) is 13.7 Å². The van der Waals surface area contributed by atoms with Gasteiger partial charge in [-0.2, -0.15) is 0 Å². The number of nitrogen functional groups attached to an aromatic ring is 1. The van der Waals surface area contributed by atoms with Gasteiger partial charge in [0.15, 0.2) is 0 Å². The molecule has 0 saturated carbocycles. The van der Waals surface area contributed by atoms with E-state index in [1.165, 1.54) is 17.2 Å². The number of rotatable bonds is 6. The second-order valence-corrected chi connectivity index (χ2v) is 8.29. The molecule has 0 spiro atoms. The number of para-hydroxylation sites is 1. The van der Waals surface area contributed by atoms with E-state index in [1.54, 1.807) is 7.05 Å². The van der Waals surface area contributed by atoms with Crippen LogP contribution in [-0.2, 0) is 20.6 Å². The summed E-state index contributed by atoms with van der Waals surface area (Å²) >= 11 is 0. The predicted molar refractivity (Wildman–Crippen MR) is 130 cm³/mol. The predicted octanol–water partition coefficient (Wildman–Crippen LogP) is 3.62. The van der Waals surface area contributed by atoms with Crippen molar-refractivity contribution in [3.63, 3.8) is 0 Å². The van der Waals surface area contributed by atoms with Gasteiger partial charge >= 0.3 is 5.69 Å². The number of allylic oxidation sites excluding steroid dienone is 1. The number of hydrogen-bond acceptors (Lipinski definition) is 3. The Hall–Kier alpha value is -3.80. The highest BCUT2D eigenvalue weighted by atomic mass is 16.2. The van der Waals surface area contributed by atoms with Gasteiger partial charge < -0.3 is 10.3 Å². The van der Waals surface area contributed by atoms with Gasteiger partial charge in [0.1, 0.15) is 5.82 Å². The normalized spacial score (nSPS) is 13.2. The Balaban J connectivity index is 2.00.